The van der Waals surface area contributed by atoms with Gasteiger partial charge in [-0.15, -0.1) is 0 Å². The number of nitrogens with zero attached hydrogens (tertiary/aromatic N) is 1. The number of hydrogen-bond acceptors (Lipinski definition) is 3. The van der Waals surface area contributed by atoms with E-state index < -0.39 is 0 Å². The van der Waals surface area contributed by atoms with Crippen LogP contribution in [0.5, 0.6) is 0 Å². The lowest BCUT2D eigenvalue weighted by molar-refractivity contribution is 0.0603. The lowest BCUT2D eigenvalue weighted by Crippen LogP contribution is -2.33. The summed E-state index contributed by atoms with van der Waals surface area (Å²) in [6.07, 6.45) is 9.89. The number of aromatic nitrogens is 1. The summed E-state index contributed by atoms with van der Waals surface area (Å²) < 4.78 is 5.44. The highest BCUT2D eigenvalue weighted by molar-refractivity contribution is 5.09. The Morgan fingerprint density at radius 2 is 2.05 bits per heavy atom. The van der Waals surface area contributed by atoms with Crippen LogP contribution in [0.1, 0.15) is 38.2 Å². The summed E-state index contributed by atoms with van der Waals surface area (Å²) in [6, 6.07) is 4.89. The summed E-state index contributed by atoms with van der Waals surface area (Å²) in [7, 11) is 0. The van der Waals surface area contributed by atoms with Crippen molar-refractivity contribution < 1.29 is 4.74 Å². The van der Waals surface area contributed by atoms with Crippen LogP contribution in [0.3, 0.4) is 0 Å². The Morgan fingerprint density at radius 1 is 1.32 bits per heavy atom. The molecule has 1 N–H and O–H groups in total. The first-order chi connectivity index (χ1) is 9.38. The van der Waals surface area contributed by atoms with Gasteiger partial charge in [0.15, 0.2) is 0 Å². The molecule has 0 amide bonds. The summed E-state index contributed by atoms with van der Waals surface area (Å²) in [4.78, 5) is 4.07. The second-order valence-electron chi connectivity index (χ2n) is 5.44. The monoisotopic (exact) mass is 262 g/mol. The van der Waals surface area contributed by atoms with Gasteiger partial charge in [0.2, 0.25) is 0 Å². The zero-order valence-corrected chi connectivity index (χ0v) is 12.0. The normalized spacial score (nSPS) is 18.4. The maximum atomic E-state index is 5.44. The van der Waals surface area contributed by atoms with Gasteiger partial charge in [-0.25, -0.2) is 0 Å². The van der Waals surface area contributed by atoms with Gasteiger partial charge in [-0.05, 0) is 62.3 Å². The fraction of sp³-hybridized carbons (Fsp3) is 0.688. The van der Waals surface area contributed by atoms with E-state index in [1.807, 2.05) is 12.4 Å². The predicted octanol–water partition coefficient (Wildman–Crippen LogP) is 2.81. The van der Waals surface area contributed by atoms with Gasteiger partial charge in [0.1, 0.15) is 0 Å². The molecule has 1 atom stereocenters. The molecule has 19 heavy (non-hydrogen) atoms. The molecule has 1 saturated heterocycles. The van der Waals surface area contributed by atoms with Crippen LogP contribution in [0, 0.1) is 5.92 Å². The maximum absolute atomic E-state index is 5.44. The second-order valence-corrected chi connectivity index (χ2v) is 5.44. The quantitative estimate of drug-likeness (QED) is 0.820. The van der Waals surface area contributed by atoms with E-state index in [4.69, 9.17) is 4.74 Å². The molecular weight excluding hydrogens is 236 g/mol. The number of aryl methyl sites for hydroxylation is 1. The van der Waals surface area contributed by atoms with Gasteiger partial charge in [-0.1, -0.05) is 6.92 Å². The van der Waals surface area contributed by atoms with Crippen molar-refractivity contribution in [1.82, 2.24) is 10.3 Å². The van der Waals surface area contributed by atoms with Crippen molar-refractivity contribution in [3.8, 4) is 0 Å². The fourth-order valence-electron chi connectivity index (χ4n) is 2.87. The minimum absolute atomic E-state index is 0.640. The van der Waals surface area contributed by atoms with Crippen LogP contribution in [-0.4, -0.2) is 30.8 Å². The Kier molecular flexibility index (Phi) is 6.31. The third-order valence-electron chi connectivity index (χ3n) is 3.98. The predicted molar refractivity (Wildman–Crippen MR) is 78.2 cm³/mol. The van der Waals surface area contributed by atoms with E-state index in [-0.39, 0.29) is 0 Å². The Morgan fingerprint density at radius 3 is 2.74 bits per heavy atom. The number of nitrogens with one attached hydrogen (secondary N) is 1. The number of ether oxygens (including phenoxy) is 1. The molecule has 1 aliphatic heterocycles. The third kappa shape index (κ3) is 5.29. The van der Waals surface area contributed by atoms with E-state index in [1.54, 1.807) is 0 Å². The molecule has 3 nitrogen and oxygen atoms in total. The molecule has 0 aliphatic carbocycles. The van der Waals surface area contributed by atoms with E-state index in [0.717, 1.165) is 32.1 Å². The topological polar surface area (TPSA) is 34.2 Å². The highest BCUT2D eigenvalue weighted by Gasteiger charge is 2.18. The molecule has 0 aromatic carbocycles. The minimum atomic E-state index is 0.640. The third-order valence-corrected chi connectivity index (χ3v) is 3.98. The molecule has 106 valence electrons. The zero-order chi connectivity index (χ0) is 13.3. The maximum Gasteiger partial charge on any atom is 0.0468 e. The van der Waals surface area contributed by atoms with Gasteiger partial charge in [0.05, 0.1) is 0 Å². The minimum Gasteiger partial charge on any atom is -0.381 e. The molecule has 1 aromatic rings. The smallest absolute Gasteiger partial charge is 0.0468 e. The van der Waals surface area contributed by atoms with Crippen molar-refractivity contribution in [2.24, 2.45) is 5.92 Å². The van der Waals surface area contributed by atoms with E-state index in [2.05, 4.69) is 29.4 Å². The van der Waals surface area contributed by atoms with E-state index in [0.29, 0.717) is 6.04 Å². The number of hydrogen-bond donors (Lipinski definition) is 1. The molecule has 1 unspecified atom stereocenters. The first-order valence-corrected chi connectivity index (χ1v) is 7.58. The second kappa shape index (κ2) is 8.28. The molecular formula is C16H26N2O. The average molecular weight is 262 g/mol. The van der Waals surface area contributed by atoms with Crippen molar-refractivity contribution in [1.29, 1.82) is 0 Å². The van der Waals surface area contributed by atoms with Gasteiger partial charge in [0.25, 0.3) is 0 Å². The Balaban J connectivity index is 1.78. The van der Waals surface area contributed by atoms with Crippen molar-refractivity contribution in [2.75, 3.05) is 19.8 Å². The van der Waals surface area contributed by atoms with Crippen LogP contribution in [-0.2, 0) is 11.2 Å². The van der Waals surface area contributed by atoms with E-state index in [9.17, 15) is 0 Å². The van der Waals surface area contributed by atoms with Gasteiger partial charge in [-0.2, -0.15) is 0 Å². The van der Waals surface area contributed by atoms with Crippen LogP contribution >= 0.6 is 0 Å². The molecule has 2 heterocycles. The Hall–Kier alpha value is -0.930. The summed E-state index contributed by atoms with van der Waals surface area (Å²) >= 11 is 0. The van der Waals surface area contributed by atoms with E-state index >= 15 is 0 Å². The SMILES string of the molecule is CCNC(CCc1ccncc1)CC1CCOCC1. The van der Waals surface area contributed by atoms with Gasteiger partial charge in [-0.3, -0.25) is 4.98 Å². The largest absolute Gasteiger partial charge is 0.381 e. The fourth-order valence-corrected chi connectivity index (χ4v) is 2.87. The molecule has 2 rings (SSSR count). The zero-order valence-electron chi connectivity index (χ0n) is 12.0. The molecule has 0 saturated carbocycles. The standard InChI is InChI=1S/C16H26N2O/c1-2-18-16(13-15-7-11-19-12-8-15)4-3-14-5-9-17-10-6-14/h5-6,9-10,15-16,18H,2-4,7-8,11-13H2,1H3. The van der Waals surface area contributed by atoms with Crippen molar-refractivity contribution in [3.05, 3.63) is 30.1 Å². The molecule has 1 aromatic heterocycles. The van der Waals surface area contributed by atoms with Crippen molar-refractivity contribution in [2.45, 2.75) is 45.1 Å². The first kappa shape index (κ1) is 14.5. The van der Waals surface area contributed by atoms with Crippen LogP contribution < -0.4 is 5.32 Å². The lowest BCUT2D eigenvalue weighted by atomic mass is 9.90. The summed E-state index contributed by atoms with van der Waals surface area (Å²) in [6.45, 7) is 5.16. The lowest BCUT2D eigenvalue weighted by Gasteiger charge is -2.27. The van der Waals surface area contributed by atoms with Crippen molar-refractivity contribution in [3.63, 3.8) is 0 Å². The van der Waals surface area contributed by atoms with Crippen LogP contribution in [0.25, 0.3) is 0 Å². The summed E-state index contributed by atoms with van der Waals surface area (Å²) in [5, 5.41) is 3.64. The molecule has 3 heteroatoms. The Labute approximate surface area is 116 Å². The highest BCUT2D eigenvalue weighted by atomic mass is 16.5. The Bertz CT molecular complexity index is 336. The van der Waals surface area contributed by atoms with Gasteiger partial charge in [0, 0.05) is 31.6 Å². The van der Waals surface area contributed by atoms with Gasteiger partial charge >= 0.3 is 0 Å². The molecule has 0 spiro atoms. The summed E-state index contributed by atoms with van der Waals surface area (Å²) in [5.41, 5.74) is 1.39. The molecule has 0 bridgehead atoms. The average Bonchev–Trinajstić information content (AvgIpc) is 2.47. The van der Waals surface area contributed by atoms with Crippen LogP contribution in [0.2, 0.25) is 0 Å². The number of rotatable bonds is 7. The molecule has 0 radical (unpaired) electrons. The number of pyridine rings is 1. The highest BCUT2D eigenvalue weighted by Crippen LogP contribution is 2.22. The van der Waals surface area contributed by atoms with E-state index in [1.165, 1.54) is 31.2 Å². The molecule has 1 aliphatic rings. The van der Waals surface area contributed by atoms with Crippen LogP contribution in [0.15, 0.2) is 24.5 Å². The first-order valence-electron chi connectivity index (χ1n) is 7.58. The van der Waals surface area contributed by atoms with Gasteiger partial charge < -0.3 is 10.1 Å². The van der Waals surface area contributed by atoms with Crippen molar-refractivity contribution >= 4 is 0 Å². The summed E-state index contributed by atoms with van der Waals surface area (Å²) in [5.74, 6) is 0.843. The molecule has 1 fully saturated rings. The van der Waals surface area contributed by atoms with Crippen LogP contribution in [0.4, 0.5) is 0 Å².